The van der Waals surface area contributed by atoms with Crippen LogP contribution in [-0.4, -0.2) is 33.5 Å². The summed E-state index contributed by atoms with van der Waals surface area (Å²) in [4.78, 5) is 12.4. The van der Waals surface area contributed by atoms with Crippen molar-refractivity contribution in [3.05, 3.63) is 64.5 Å². The Labute approximate surface area is 175 Å². The second kappa shape index (κ2) is 9.13. The fraction of sp³-hybridized carbons (Fsp3) is 0.318. The zero-order valence-corrected chi connectivity index (χ0v) is 18.3. The number of carbonyl (C=O) groups excluding carboxylic acids is 1. The van der Waals surface area contributed by atoms with E-state index in [-0.39, 0.29) is 11.7 Å². The summed E-state index contributed by atoms with van der Waals surface area (Å²) in [5.41, 5.74) is 5.35. The van der Waals surface area contributed by atoms with E-state index in [9.17, 15) is 4.79 Å². The van der Waals surface area contributed by atoms with Crippen molar-refractivity contribution in [2.24, 2.45) is 7.05 Å². The van der Waals surface area contributed by atoms with Crippen LogP contribution in [0.2, 0.25) is 0 Å². The van der Waals surface area contributed by atoms with Crippen molar-refractivity contribution in [1.29, 1.82) is 0 Å². The molecule has 0 saturated carbocycles. The molecule has 29 heavy (non-hydrogen) atoms. The number of benzene rings is 2. The van der Waals surface area contributed by atoms with Crippen LogP contribution in [0, 0.1) is 20.8 Å². The van der Waals surface area contributed by atoms with Crippen molar-refractivity contribution in [2.75, 3.05) is 18.2 Å². The van der Waals surface area contributed by atoms with Gasteiger partial charge in [-0.1, -0.05) is 41.6 Å². The summed E-state index contributed by atoms with van der Waals surface area (Å²) in [6.45, 7) is 6.08. The third kappa shape index (κ3) is 5.17. The van der Waals surface area contributed by atoms with Gasteiger partial charge in [0.15, 0.2) is 5.16 Å². The summed E-state index contributed by atoms with van der Waals surface area (Å²) >= 11 is 1.38. The molecule has 3 rings (SSSR count). The van der Waals surface area contributed by atoms with Crippen LogP contribution in [0.5, 0.6) is 5.75 Å². The molecule has 0 atom stereocenters. The lowest BCUT2D eigenvalue weighted by Gasteiger charge is -2.12. The van der Waals surface area contributed by atoms with E-state index >= 15 is 0 Å². The number of nitrogens with zero attached hydrogens (tertiary/aromatic N) is 3. The molecule has 1 N–H and O–H groups in total. The standard InChI is InChI=1S/C22H26N4O2S/c1-14-10-15(2)21(16(3)11-14)23-20(27)13-29-22-25-24-19(26(22)4)12-17-6-8-18(28-5)9-7-17/h6-11H,12-13H2,1-5H3,(H,23,27). The van der Waals surface area contributed by atoms with Crippen LogP contribution in [0.15, 0.2) is 41.6 Å². The Morgan fingerprint density at radius 2 is 1.76 bits per heavy atom. The lowest BCUT2D eigenvalue weighted by Crippen LogP contribution is -2.16. The SMILES string of the molecule is COc1ccc(Cc2nnc(SCC(=O)Nc3c(C)cc(C)cc3C)n2C)cc1. The molecule has 0 aliphatic heterocycles. The van der Waals surface area contributed by atoms with E-state index in [1.54, 1.807) is 7.11 Å². The van der Waals surface area contributed by atoms with Crippen molar-refractivity contribution in [1.82, 2.24) is 14.8 Å². The van der Waals surface area contributed by atoms with E-state index in [0.717, 1.165) is 39.1 Å². The Bertz CT molecular complexity index is 989. The van der Waals surface area contributed by atoms with Gasteiger partial charge in [0, 0.05) is 19.2 Å². The number of carbonyl (C=O) groups is 1. The number of ether oxygens (including phenoxy) is 1. The number of hydrogen-bond donors (Lipinski definition) is 1. The van der Waals surface area contributed by atoms with Gasteiger partial charge in [-0.3, -0.25) is 4.79 Å². The van der Waals surface area contributed by atoms with E-state index in [0.29, 0.717) is 6.42 Å². The molecule has 2 aromatic carbocycles. The van der Waals surface area contributed by atoms with Crippen molar-refractivity contribution < 1.29 is 9.53 Å². The van der Waals surface area contributed by atoms with E-state index in [1.807, 2.05) is 49.7 Å². The largest absolute Gasteiger partial charge is 0.497 e. The van der Waals surface area contributed by atoms with Gasteiger partial charge in [-0.05, 0) is 49.6 Å². The molecule has 0 saturated heterocycles. The summed E-state index contributed by atoms with van der Waals surface area (Å²) < 4.78 is 7.13. The predicted molar refractivity (Wildman–Crippen MR) is 117 cm³/mol. The van der Waals surface area contributed by atoms with Gasteiger partial charge in [-0.15, -0.1) is 10.2 Å². The molecule has 152 valence electrons. The smallest absolute Gasteiger partial charge is 0.234 e. The average molecular weight is 411 g/mol. The maximum absolute atomic E-state index is 12.4. The topological polar surface area (TPSA) is 69.0 Å². The molecule has 1 amide bonds. The maximum Gasteiger partial charge on any atom is 0.234 e. The predicted octanol–water partition coefficient (Wildman–Crippen LogP) is 4.07. The number of anilines is 1. The highest BCUT2D eigenvalue weighted by molar-refractivity contribution is 7.99. The fourth-order valence-corrected chi connectivity index (χ4v) is 3.96. The molecule has 0 fully saturated rings. The zero-order chi connectivity index (χ0) is 21.0. The van der Waals surface area contributed by atoms with Crippen LogP contribution in [0.1, 0.15) is 28.1 Å². The first-order chi connectivity index (χ1) is 13.9. The molecule has 0 spiro atoms. The van der Waals surface area contributed by atoms with Gasteiger partial charge >= 0.3 is 0 Å². The van der Waals surface area contributed by atoms with Gasteiger partial charge in [0.25, 0.3) is 0 Å². The normalized spacial score (nSPS) is 10.8. The average Bonchev–Trinajstić information content (AvgIpc) is 3.03. The minimum Gasteiger partial charge on any atom is -0.497 e. The van der Waals surface area contributed by atoms with E-state index in [1.165, 1.54) is 17.3 Å². The molecule has 0 radical (unpaired) electrons. The molecule has 0 bridgehead atoms. The van der Waals surface area contributed by atoms with Crippen LogP contribution in [0.4, 0.5) is 5.69 Å². The summed E-state index contributed by atoms with van der Waals surface area (Å²) in [7, 11) is 3.58. The molecule has 0 unspecified atom stereocenters. The highest BCUT2D eigenvalue weighted by atomic mass is 32.2. The van der Waals surface area contributed by atoms with Crippen LogP contribution in [-0.2, 0) is 18.3 Å². The van der Waals surface area contributed by atoms with Gasteiger partial charge in [-0.2, -0.15) is 0 Å². The van der Waals surface area contributed by atoms with Gasteiger partial charge in [-0.25, -0.2) is 0 Å². The maximum atomic E-state index is 12.4. The number of thioether (sulfide) groups is 1. The third-order valence-electron chi connectivity index (χ3n) is 4.72. The first kappa shape index (κ1) is 20.9. The fourth-order valence-electron chi connectivity index (χ4n) is 3.23. The van der Waals surface area contributed by atoms with E-state index in [2.05, 4.69) is 34.6 Å². The summed E-state index contributed by atoms with van der Waals surface area (Å²) in [6.07, 6.45) is 0.669. The van der Waals surface area contributed by atoms with Crippen molar-refractivity contribution in [3.8, 4) is 5.75 Å². The van der Waals surface area contributed by atoms with Crippen LogP contribution >= 0.6 is 11.8 Å². The molecule has 6 nitrogen and oxygen atoms in total. The number of amides is 1. The zero-order valence-electron chi connectivity index (χ0n) is 17.4. The molecule has 3 aromatic rings. The monoisotopic (exact) mass is 410 g/mol. The Morgan fingerprint density at radius 1 is 1.10 bits per heavy atom. The molecule has 0 aliphatic rings. The molecular weight excluding hydrogens is 384 g/mol. The molecule has 0 aliphatic carbocycles. The first-order valence-electron chi connectivity index (χ1n) is 9.39. The van der Waals surface area contributed by atoms with E-state index in [4.69, 9.17) is 4.74 Å². The van der Waals surface area contributed by atoms with Crippen LogP contribution in [0.25, 0.3) is 0 Å². The minimum atomic E-state index is -0.0512. The van der Waals surface area contributed by atoms with Crippen LogP contribution < -0.4 is 10.1 Å². The number of aromatic nitrogens is 3. The van der Waals surface area contributed by atoms with Gasteiger partial charge in [0.05, 0.1) is 12.9 Å². The third-order valence-corrected chi connectivity index (χ3v) is 5.74. The minimum absolute atomic E-state index is 0.0512. The van der Waals surface area contributed by atoms with Gasteiger partial charge in [0.1, 0.15) is 11.6 Å². The molecule has 7 heteroatoms. The van der Waals surface area contributed by atoms with Gasteiger partial charge < -0.3 is 14.6 Å². The Balaban J connectivity index is 1.60. The highest BCUT2D eigenvalue weighted by Gasteiger charge is 2.13. The second-order valence-electron chi connectivity index (χ2n) is 7.09. The second-order valence-corrected chi connectivity index (χ2v) is 8.04. The lowest BCUT2D eigenvalue weighted by molar-refractivity contribution is -0.113. The Hall–Kier alpha value is -2.80. The molecule has 1 aromatic heterocycles. The lowest BCUT2D eigenvalue weighted by atomic mass is 10.1. The highest BCUT2D eigenvalue weighted by Crippen LogP contribution is 2.23. The number of nitrogens with one attached hydrogen (secondary N) is 1. The number of hydrogen-bond acceptors (Lipinski definition) is 5. The summed E-state index contributed by atoms with van der Waals surface area (Å²) in [5, 5.41) is 12.3. The first-order valence-corrected chi connectivity index (χ1v) is 10.4. The Kier molecular flexibility index (Phi) is 6.59. The quantitative estimate of drug-likeness (QED) is 0.595. The Morgan fingerprint density at radius 3 is 2.38 bits per heavy atom. The summed E-state index contributed by atoms with van der Waals surface area (Å²) in [5.74, 6) is 1.91. The molecular formula is C22H26N4O2S. The van der Waals surface area contributed by atoms with E-state index < -0.39 is 0 Å². The number of rotatable bonds is 7. The molecule has 1 heterocycles. The van der Waals surface area contributed by atoms with Crippen molar-refractivity contribution in [3.63, 3.8) is 0 Å². The summed E-state index contributed by atoms with van der Waals surface area (Å²) in [6, 6.07) is 12.0. The number of aryl methyl sites for hydroxylation is 3. The number of methoxy groups -OCH3 is 1. The van der Waals surface area contributed by atoms with Crippen LogP contribution in [0.3, 0.4) is 0 Å². The van der Waals surface area contributed by atoms with Gasteiger partial charge in [0.2, 0.25) is 5.91 Å². The van der Waals surface area contributed by atoms with Crippen molar-refractivity contribution in [2.45, 2.75) is 32.3 Å². The van der Waals surface area contributed by atoms with Crippen molar-refractivity contribution >= 4 is 23.4 Å².